The highest BCUT2D eigenvalue weighted by Crippen LogP contribution is 2.32. The molecule has 1 aliphatic heterocycles. The molecular formula is C31H33ClO14. The first-order valence-corrected chi connectivity index (χ1v) is 14.0. The Labute approximate surface area is 268 Å². The van der Waals surface area contributed by atoms with Crippen LogP contribution in [0.2, 0.25) is 0 Å². The molecule has 1 aromatic heterocycles. The van der Waals surface area contributed by atoms with Crippen LogP contribution in [0.3, 0.4) is 0 Å². The summed E-state index contributed by atoms with van der Waals surface area (Å²) in [6.07, 6.45) is -0.386. The van der Waals surface area contributed by atoms with Gasteiger partial charge in [-0.05, 0) is 54.6 Å². The minimum Gasteiger partial charge on any atom is -0.497 e. The third kappa shape index (κ3) is 10.5. The number of hydrogen-bond acceptors (Lipinski definition) is 14. The van der Waals surface area contributed by atoms with E-state index in [1.54, 1.807) is 44.2 Å². The number of hydrogen-bond donors (Lipinski definition) is 0. The van der Waals surface area contributed by atoms with Crippen LogP contribution in [0.4, 0.5) is 0 Å². The Kier molecular flexibility index (Phi) is 14.5. The molecule has 4 rings (SSSR count). The molecule has 46 heavy (non-hydrogen) atoms. The van der Waals surface area contributed by atoms with Crippen LogP contribution >= 0.6 is 11.6 Å². The van der Waals surface area contributed by atoms with E-state index in [4.69, 9.17) is 39.7 Å². The van der Waals surface area contributed by atoms with Crippen LogP contribution in [0.15, 0.2) is 39.5 Å². The van der Waals surface area contributed by atoms with Crippen LogP contribution in [-0.4, -0.2) is 70.8 Å². The van der Waals surface area contributed by atoms with E-state index >= 15 is 0 Å². The minimum atomic E-state index is -0.687. The number of esters is 4. The lowest BCUT2D eigenvalue weighted by Gasteiger charge is -2.17. The summed E-state index contributed by atoms with van der Waals surface area (Å²) in [7, 11) is 5.93. The highest BCUT2D eigenvalue weighted by atomic mass is 35.5. The second-order valence-electron chi connectivity index (χ2n) is 8.91. The van der Waals surface area contributed by atoms with Gasteiger partial charge in [0.05, 0.1) is 48.1 Å². The first-order valence-electron chi connectivity index (χ1n) is 13.6. The Hall–Kier alpha value is -5.11. The summed E-state index contributed by atoms with van der Waals surface area (Å²) in [5, 5.41) is 0.209. The molecule has 248 valence electrons. The Morgan fingerprint density at radius 2 is 1.37 bits per heavy atom. The van der Waals surface area contributed by atoms with E-state index in [1.165, 1.54) is 28.4 Å². The normalized spacial score (nSPS) is 11.4. The van der Waals surface area contributed by atoms with Crippen LogP contribution in [0.1, 0.15) is 41.9 Å². The number of fused-ring (bicyclic) bond motifs is 2. The molecule has 0 N–H and O–H groups in total. The average molecular weight is 665 g/mol. The summed E-state index contributed by atoms with van der Waals surface area (Å²) >= 11 is 4.87. The lowest BCUT2D eigenvalue weighted by molar-refractivity contribution is -0.145. The van der Waals surface area contributed by atoms with Crippen molar-refractivity contribution in [1.82, 2.24) is 0 Å². The number of methoxy groups -OCH3 is 4. The summed E-state index contributed by atoms with van der Waals surface area (Å²) in [4.78, 5) is 66.5. The van der Waals surface area contributed by atoms with Gasteiger partial charge in [-0.2, -0.15) is 0 Å². The Morgan fingerprint density at radius 1 is 0.783 bits per heavy atom. The van der Waals surface area contributed by atoms with Gasteiger partial charge in [-0.25, -0.2) is 9.59 Å². The molecule has 0 aliphatic carbocycles. The molecule has 0 spiro atoms. The van der Waals surface area contributed by atoms with E-state index < -0.39 is 34.7 Å². The Morgan fingerprint density at radius 3 is 1.93 bits per heavy atom. The van der Waals surface area contributed by atoms with Crippen LogP contribution in [0.25, 0.3) is 10.8 Å². The molecule has 2 heterocycles. The number of rotatable bonds is 10. The molecule has 0 amide bonds. The van der Waals surface area contributed by atoms with Gasteiger partial charge in [0.15, 0.2) is 0 Å². The predicted octanol–water partition coefficient (Wildman–Crippen LogP) is 3.56. The SMILES string of the molecule is CCOC(=O)CC(=O)Cl.CCOC(=O)Cc1cc2cc(OC)cc(OC)c2c(=O)o1.COc1cc2c(c(OC)c1)C(=O)OC(=O)C2. The quantitative estimate of drug-likeness (QED) is 0.133. The van der Waals surface area contributed by atoms with Gasteiger partial charge >= 0.3 is 29.5 Å². The zero-order chi connectivity index (χ0) is 34.4. The maximum absolute atomic E-state index is 12.1. The molecule has 0 bridgehead atoms. The van der Waals surface area contributed by atoms with Gasteiger partial charge in [0.1, 0.15) is 52.5 Å². The molecule has 0 radical (unpaired) electrons. The van der Waals surface area contributed by atoms with Gasteiger partial charge in [0.25, 0.3) is 0 Å². The Bertz CT molecular complexity index is 1640. The predicted molar refractivity (Wildman–Crippen MR) is 162 cm³/mol. The topological polar surface area (TPSA) is 180 Å². The largest absolute Gasteiger partial charge is 0.497 e. The average Bonchev–Trinajstić information content (AvgIpc) is 2.99. The van der Waals surface area contributed by atoms with Crippen molar-refractivity contribution >= 4 is 51.5 Å². The van der Waals surface area contributed by atoms with E-state index in [2.05, 4.69) is 9.47 Å². The van der Waals surface area contributed by atoms with Crippen LogP contribution in [0.5, 0.6) is 23.0 Å². The van der Waals surface area contributed by atoms with Crippen molar-refractivity contribution in [2.45, 2.75) is 33.1 Å². The maximum atomic E-state index is 12.1. The van der Waals surface area contributed by atoms with Crippen LogP contribution in [0, 0.1) is 0 Å². The second-order valence-corrected chi connectivity index (χ2v) is 9.34. The van der Waals surface area contributed by atoms with E-state index in [-0.39, 0.29) is 38.2 Å². The van der Waals surface area contributed by atoms with Gasteiger partial charge in [-0.3, -0.25) is 19.2 Å². The van der Waals surface area contributed by atoms with Crippen molar-refractivity contribution < 1.29 is 61.5 Å². The fraction of sp³-hybridized carbons (Fsp3) is 0.355. The molecule has 14 nitrogen and oxygen atoms in total. The monoisotopic (exact) mass is 664 g/mol. The number of cyclic esters (lactones) is 2. The van der Waals surface area contributed by atoms with Gasteiger partial charge in [-0.15, -0.1) is 0 Å². The molecule has 0 atom stereocenters. The minimum absolute atomic E-state index is 0.0502. The van der Waals surface area contributed by atoms with Crippen molar-refractivity contribution in [2.24, 2.45) is 0 Å². The third-order valence-electron chi connectivity index (χ3n) is 5.88. The fourth-order valence-electron chi connectivity index (χ4n) is 4.00. The lowest BCUT2D eigenvalue weighted by Crippen LogP contribution is -2.23. The standard InChI is InChI=1S/C15H16O6.C11H10O5.C5H7ClO3/c1-4-20-13(16)8-11-6-9-5-10(18-2)7-12(19-3)14(9)15(17)21-11;1-14-7-3-6-4-9(12)16-11(13)10(6)8(5-7)15-2;1-2-9-5(8)3-4(6)7/h5-7H,4,8H2,1-3H3;3,5H,4H2,1-2H3;2-3H2,1H3. The number of carbonyl (C=O) groups is 5. The van der Waals surface area contributed by atoms with Gasteiger partial charge in [-0.1, -0.05) is 0 Å². The smallest absolute Gasteiger partial charge is 0.349 e. The number of ether oxygens (including phenoxy) is 7. The van der Waals surface area contributed by atoms with Crippen molar-refractivity contribution in [3.63, 3.8) is 0 Å². The second kappa shape index (κ2) is 18.0. The molecule has 0 fully saturated rings. The van der Waals surface area contributed by atoms with Crippen molar-refractivity contribution in [2.75, 3.05) is 41.7 Å². The van der Waals surface area contributed by atoms with E-state index in [0.717, 1.165) is 0 Å². The first-order chi connectivity index (χ1) is 21.9. The molecule has 2 aromatic carbocycles. The van der Waals surface area contributed by atoms with E-state index in [1.807, 2.05) is 0 Å². The summed E-state index contributed by atoms with van der Waals surface area (Å²) in [5.74, 6) is -0.218. The number of carbonyl (C=O) groups excluding carboxylic acids is 5. The molecule has 0 unspecified atom stereocenters. The molecule has 1 aliphatic rings. The summed E-state index contributed by atoms with van der Waals surface area (Å²) in [6.45, 7) is 3.93. The van der Waals surface area contributed by atoms with Crippen LogP contribution < -0.4 is 24.6 Å². The summed E-state index contributed by atoms with van der Waals surface area (Å²) < 4.78 is 39.4. The van der Waals surface area contributed by atoms with Crippen molar-refractivity contribution in [3.8, 4) is 23.0 Å². The molecular weight excluding hydrogens is 632 g/mol. The third-order valence-corrected chi connectivity index (χ3v) is 6.01. The molecule has 3 aromatic rings. The zero-order valence-electron chi connectivity index (χ0n) is 26.0. The first kappa shape index (κ1) is 37.1. The van der Waals surface area contributed by atoms with E-state index in [9.17, 15) is 28.8 Å². The van der Waals surface area contributed by atoms with Crippen molar-refractivity contribution in [3.05, 3.63) is 57.6 Å². The van der Waals surface area contributed by atoms with E-state index in [0.29, 0.717) is 44.9 Å². The highest BCUT2D eigenvalue weighted by molar-refractivity contribution is 6.64. The molecule has 0 saturated carbocycles. The molecule has 15 heteroatoms. The van der Waals surface area contributed by atoms with Crippen molar-refractivity contribution in [1.29, 1.82) is 0 Å². The maximum Gasteiger partial charge on any atom is 0.349 e. The highest BCUT2D eigenvalue weighted by Gasteiger charge is 2.29. The number of halogens is 1. The van der Waals surface area contributed by atoms with Gasteiger partial charge in [0, 0.05) is 12.1 Å². The number of benzene rings is 2. The Balaban J connectivity index is 0.000000261. The lowest BCUT2D eigenvalue weighted by atomic mass is 10.0. The zero-order valence-corrected chi connectivity index (χ0v) is 26.8. The molecule has 0 saturated heterocycles. The summed E-state index contributed by atoms with van der Waals surface area (Å²) in [6, 6.07) is 8.11. The van der Waals surface area contributed by atoms with Crippen LogP contribution in [-0.2, 0) is 46.2 Å². The van der Waals surface area contributed by atoms with Gasteiger partial charge < -0.3 is 37.6 Å². The fourth-order valence-corrected chi connectivity index (χ4v) is 4.11. The summed E-state index contributed by atoms with van der Waals surface area (Å²) in [5.41, 5.74) is 0.298. The van der Waals surface area contributed by atoms with Gasteiger partial charge in [0.2, 0.25) is 5.24 Å².